The minimum Gasteiger partial charge on any atom is -0.394 e. The number of hydrogen-bond donors (Lipinski definition) is 3. The molecule has 142 valence electrons. The summed E-state index contributed by atoms with van der Waals surface area (Å²) in [6.07, 6.45) is 12.3. The van der Waals surface area contributed by atoms with Crippen LogP contribution in [0.15, 0.2) is 12.2 Å². The number of aliphatic hydroxyl groups is 3. The summed E-state index contributed by atoms with van der Waals surface area (Å²) in [7, 11) is 0. The predicted octanol–water partition coefficient (Wildman–Crippen LogP) is 2.57. The van der Waals surface area contributed by atoms with Gasteiger partial charge in [0.1, 0.15) is 24.4 Å². The molecule has 1 fully saturated rings. The van der Waals surface area contributed by atoms with Crippen LogP contribution in [-0.2, 0) is 9.47 Å². The van der Waals surface area contributed by atoms with Crippen molar-refractivity contribution >= 4 is 0 Å². The van der Waals surface area contributed by atoms with Gasteiger partial charge in [0, 0.05) is 6.61 Å². The zero-order valence-electron chi connectivity index (χ0n) is 15.1. The average Bonchev–Trinajstić information content (AvgIpc) is 2.96. The fourth-order valence-corrected chi connectivity index (χ4v) is 2.97. The summed E-state index contributed by atoms with van der Waals surface area (Å²) in [4.78, 5) is 0. The van der Waals surface area contributed by atoms with Gasteiger partial charge in [-0.25, -0.2) is 0 Å². The highest BCUT2D eigenvalue weighted by Crippen LogP contribution is 2.20. The second-order valence-corrected chi connectivity index (χ2v) is 6.59. The van der Waals surface area contributed by atoms with E-state index in [0.717, 1.165) is 19.3 Å². The van der Waals surface area contributed by atoms with Crippen LogP contribution >= 0.6 is 0 Å². The van der Waals surface area contributed by atoms with E-state index in [2.05, 4.69) is 19.1 Å². The van der Waals surface area contributed by atoms with Gasteiger partial charge in [0.2, 0.25) is 0 Å². The van der Waals surface area contributed by atoms with Gasteiger partial charge >= 0.3 is 0 Å². The van der Waals surface area contributed by atoms with Gasteiger partial charge in [-0.1, -0.05) is 51.2 Å². The molecule has 0 aromatic heterocycles. The topological polar surface area (TPSA) is 79.2 Å². The monoisotopic (exact) mass is 344 g/mol. The fourth-order valence-electron chi connectivity index (χ4n) is 2.97. The number of aliphatic hydroxyl groups excluding tert-OH is 3. The van der Waals surface area contributed by atoms with E-state index in [4.69, 9.17) is 14.6 Å². The molecule has 0 amide bonds. The van der Waals surface area contributed by atoms with E-state index in [9.17, 15) is 10.2 Å². The first-order valence-corrected chi connectivity index (χ1v) is 9.55. The Hall–Kier alpha value is -0.460. The normalized spacial score (nSPS) is 25.6. The summed E-state index contributed by atoms with van der Waals surface area (Å²) in [5.41, 5.74) is 0. The highest BCUT2D eigenvalue weighted by Gasteiger charge is 2.40. The third kappa shape index (κ3) is 8.58. The van der Waals surface area contributed by atoms with Gasteiger partial charge in [0.05, 0.1) is 13.2 Å². The van der Waals surface area contributed by atoms with Crippen molar-refractivity contribution in [2.24, 2.45) is 0 Å². The molecule has 1 rings (SSSR count). The molecular weight excluding hydrogens is 308 g/mol. The van der Waals surface area contributed by atoms with Crippen LogP contribution in [0.5, 0.6) is 0 Å². The molecule has 4 atom stereocenters. The quantitative estimate of drug-likeness (QED) is 0.333. The molecule has 5 nitrogen and oxygen atoms in total. The third-order valence-electron chi connectivity index (χ3n) is 4.49. The van der Waals surface area contributed by atoms with E-state index in [1.807, 2.05) is 0 Å². The first-order chi connectivity index (χ1) is 11.7. The van der Waals surface area contributed by atoms with Crippen LogP contribution in [0.2, 0.25) is 0 Å². The van der Waals surface area contributed by atoms with Crippen molar-refractivity contribution in [2.75, 3.05) is 19.8 Å². The second-order valence-electron chi connectivity index (χ2n) is 6.59. The van der Waals surface area contributed by atoms with Crippen molar-refractivity contribution < 1.29 is 24.8 Å². The second kappa shape index (κ2) is 13.8. The maximum atomic E-state index is 10.0. The van der Waals surface area contributed by atoms with Crippen LogP contribution in [0.1, 0.15) is 64.7 Å². The fraction of sp³-hybridized carbons (Fsp3) is 0.895. The Morgan fingerprint density at radius 1 is 1.08 bits per heavy atom. The molecular formula is C19H36O5. The standard InChI is InChI=1S/C19H36O5/c1-2-3-4-5-6-7-8-9-10-11-12-13-23-17-15-24-19(18(17)22)16(21)14-20/h3-4,16-22H,2,5-15H2,1H3/b4-3+/t16-,17+,18+,19+/m1/s1. The zero-order chi connectivity index (χ0) is 17.6. The summed E-state index contributed by atoms with van der Waals surface area (Å²) < 4.78 is 10.9. The molecule has 24 heavy (non-hydrogen) atoms. The van der Waals surface area contributed by atoms with Crippen LogP contribution in [0.25, 0.3) is 0 Å². The van der Waals surface area contributed by atoms with Crippen molar-refractivity contribution in [2.45, 2.75) is 89.1 Å². The molecule has 1 saturated heterocycles. The number of ether oxygens (including phenoxy) is 2. The smallest absolute Gasteiger partial charge is 0.114 e. The van der Waals surface area contributed by atoms with E-state index in [-0.39, 0.29) is 6.61 Å². The molecule has 3 N–H and O–H groups in total. The maximum Gasteiger partial charge on any atom is 0.114 e. The summed E-state index contributed by atoms with van der Waals surface area (Å²) in [5, 5.41) is 28.4. The van der Waals surface area contributed by atoms with Crippen molar-refractivity contribution in [3.63, 3.8) is 0 Å². The Labute approximate surface area is 146 Å². The van der Waals surface area contributed by atoms with Gasteiger partial charge < -0.3 is 24.8 Å². The average molecular weight is 344 g/mol. The zero-order valence-corrected chi connectivity index (χ0v) is 15.1. The molecule has 0 bridgehead atoms. The molecule has 0 unspecified atom stereocenters. The van der Waals surface area contributed by atoms with E-state index < -0.39 is 31.0 Å². The van der Waals surface area contributed by atoms with Gasteiger partial charge in [-0.15, -0.1) is 0 Å². The summed E-state index contributed by atoms with van der Waals surface area (Å²) >= 11 is 0. The van der Waals surface area contributed by atoms with Gasteiger partial charge in [-0.05, 0) is 25.7 Å². The SMILES string of the molecule is CC/C=C/CCCCCCCCCO[C@H]1CO[C@@H]([C@H](O)CO)[C@H]1O. The van der Waals surface area contributed by atoms with Crippen LogP contribution in [-0.4, -0.2) is 59.6 Å². The van der Waals surface area contributed by atoms with Crippen LogP contribution in [0, 0.1) is 0 Å². The number of allylic oxidation sites excluding steroid dienone is 2. The van der Waals surface area contributed by atoms with Crippen molar-refractivity contribution in [3.8, 4) is 0 Å². The lowest BCUT2D eigenvalue weighted by Gasteiger charge is -2.20. The molecule has 0 aromatic carbocycles. The first kappa shape index (κ1) is 21.6. The number of unbranched alkanes of at least 4 members (excludes halogenated alkanes) is 7. The number of rotatable bonds is 14. The minimum atomic E-state index is -1.05. The van der Waals surface area contributed by atoms with Gasteiger partial charge in [0.25, 0.3) is 0 Å². The molecule has 1 aliphatic rings. The summed E-state index contributed by atoms with van der Waals surface area (Å²) in [5.74, 6) is 0. The molecule has 0 saturated carbocycles. The van der Waals surface area contributed by atoms with Gasteiger partial charge in [-0.2, -0.15) is 0 Å². The van der Waals surface area contributed by atoms with Crippen LogP contribution in [0.3, 0.4) is 0 Å². The van der Waals surface area contributed by atoms with Crippen molar-refractivity contribution in [1.82, 2.24) is 0 Å². The Balaban J connectivity index is 1.91. The van der Waals surface area contributed by atoms with E-state index >= 15 is 0 Å². The van der Waals surface area contributed by atoms with Gasteiger partial charge in [-0.3, -0.25) is 0 Å². The Kier molecular flexibility index (Phi) is 12.4. The molecule has 1 heterocycles. The molecule has 0 aliphatic carbocycles. The largest absolute Gasteiger partial charge is 0.394 e. The maximum absolute atomic E-state index is 10.0. The lowest BCUT2D eigenvalue weighted by atomic mass is 10.1. The summed E-state index contributed by atoms with van der Waals surface area (Å²) in [6.45, 7) is 2.63. The molecule has 1 aliphatic heterocycles. The Morgan fingerprint density at radius 3 is 2.42 bits per heavy atom. The lowest BCUT2D eigenvalue weighted by molar-refractivity contribution is -0.0730. The van der Waals surface area contributed by atoms with E-state index in [1.54, 1.807) is 0 Å². The highest BCUT2D eigenvalue weighted by molar-refractivity contribution is 4.88. The van der Waals surface area contributed by atoms with Crippen LogP contribution < -0.4 is 0 Å². The predicted molar refractivity (Wildman–Crippen MR) is 94.9 cm³/mol. The number of hydrogen-bond acceptors (Lipinski definition) is 5. The summed E-state index contributed by atoms with van der Waals surface area (Å²) in [6, 6.07) is 0. The Morgan fingerprint density at radius 2 is 1.75 bits per heavy atom. The van der Waals surface area contributed by atoms with E-state index in [0.29, 0.717) is 6.61 Å². The van der Waals surface area contributed by atoms with Crippen molar-refractivity contribution in [3.05, 3.63) is 12.2 Å². The first-order valence-electron chi connectivity index (χ1n) is 9.55. The molecule has 0 spiro atoms. The minimum absolute atomic E-state index is 0.273. The molecule has 5 heteroatoms. The molecule has 0 radical (unpaired) electrons. The van der Waals surface area contributed by atoms with E-state index in [1.165, 1.54) is 38.5 Å². The molecule has 0 aromatic rings. The van der Waals surface area contributed by atoms with Crippen LogP contribution in [0.4, 0.5) is 0 Å². The van der Waals surface area contributed by atoms with Crippen molar-refractivity contribution in [1.29, 1.82) is 0 Å². The highest BCUT2D eigenvalue weighted by atomic mass is 16.6. The lowest BCUT2D eigenvalue weighted by Crippen LogP contribution is -2.41. The third-order valence-corrected chi connectivity index (χ3v) is 4.49. The van der Waals surface area contributed by atoms with Gasteiger partial charge in [0.15, 0.2) is 0 Å². The Bertz CT molecular complexity index is 321.